The van der Waals surface area contributed by atoms with Crippen molar-refractivity contribution in [1.29, 1.82) is 0 Å². The fraction of sp³-hybridized carbons (Fsp3) is 0.316. The van der Waals surface area contributed by atoms with Crippen molar-refractivity contribution < 1.29 is 40.2 Å². The van der Waals surface area contributed by atoms with Crippen molar-refractivity contribution in [2.24, 2.45) is 0 Å². The van der Waals surface area contributed by atoms with Crippen LogP contribution in [0.4, 0.5) is 4.79 Å². The van der Waals surface area contributed by atoms with E-state index in [4.69, 9.17) is 14.2 Å². The number of hydrogen-bond donors (Lipinski definition) is 0. The Hall–Kier alpha value is -1.76. The molecule has 0 N–H and O–H groups in total. The van der Waals surface area contributed by atoms with Gasteiger partial charge in [0.15, 0.2) is 0 Å². The van der Waals surface area contributed by atoms with E-state index in [-0.39, 0.29) is 28.0 Å². The van der Waals surface area contributed by atoms with Gasteiger partial charge in [0.05, 0.1) is 0 Å². The Morgan fingerprint density at radius 1 is 1.08 bits per heavy atom. The number of rotatable bonds is 3. The summed E-state index contributed by atoms with van der Waals surface area (Å²) in [5, 5.41) is 0. The average molecular weight is 439 g/mol. The Kier molecular flexibility index (Phi) is 4.99. The molecule has 0 bridgehead atoms. The predicted octanol–water partition coefficient (Wildman–Crippen LogP) is 1.01. The molecule has 0 aliphatic carbocycles. The first-order chi connectivity index (χ1) is 11.4. The molecular formula is C19H20IO4-. The van der Waals surface area contributed by atoms with Gasteiger partial charge in [-0.2, -0.15) is 0 Å². The van der Waals surface area contributed by atoms with Gasteiger partial charge >= 0.3 is 152 Å². The molecule has 5 heteroatoms. The molecule has 0 unspecified atom stereocenters. The molecule has 0 aromatic heterocycles. The molecular weight excluding hydrogens is 419 g/mol. The predicted molar refractivity (Wildman–Crippen MR) is 85.9 cm³/mol. The second kappa shape index (κ2) is 7.01. The zero-order chi connectivity index (χ0) is 17.2. The molecule has 3 rings (SSSR count). The quantitative estimate of drug-likeness (QED) is 0.347. The first kappa shape index (κ1) is 17.1. The van der Waals surface area contributed by atoms with E-state index in [9.17, 15) is 4.79 Å². The van der Waals surface area contributed by atoms with Gasteiger partial charge in [-0.1, -0.05) is 0 Å². The molecule has 24 heavy (non-hydrogen) atoms. The molecule has 2 aromatic rings. The SMILES string of the molecule is CC(C)(C)OC(=O)OCOc1ccc2c(c1)[I-]c1ccccc1C2. The molecule has 1 heterocycles. The molecule has 4 nitrogen and oxygen atoms in total. The van der Waals surface area contributed by atoms with Crippen molar-refractivity contribution in [3.63, 3.8) is 0 Å². The summed E-state index contributed by atoms with van der Waals surface area (Å²) in [6.07, 6.45) is 0.252. The Bertz CT molecular complexity index is 749. The summed E-state index contributed by atoms with van der Waals surface area (Å²) in [7, 11) is 0. The van der Waals surface area contributed by atoms with Crippen LogP contribution in [0, 0.1) is 7.14 Å². The molecule has 0 saturated heterocycles. The van der Waals surface area contributed by atoms with Crippen LogP contribution in [-0.2, 0) is 15.9 Å². The Morgan fingerprint density at radius 3 is 2.62 bits per heavy atom. The average Bonchev–Trinajstić information content (AvgIpc) is 2.51. The number of ether oxygens (including phenoxy) is 3. The second-order valence-electron chi connectivity index (χ2n) is 6.49. The summed E-state index contributed by atoms with van der Waals surface area (Å²) in [5.41, 5.74) is 2.22. The third-order valence-corrected chi connectivity index (χ3v) is 6.58. The number of halogens is 1. The third-order valence-electron chi connectivity index (χ3n) is 3.36. The van der Waals surface area contributed by atoms with Gasteiger partial charge in [0.25, 0.3) is 0 Å². The van der Waals surface area contributed by atoms with Crippen LogP contribution in [0.2, 0.25) is 0 Å². The number of hydrogen-bond acceptors (Lipinski definition) is 4. The molecule has 0 amide bonds. The molecule has 0 saturated carbocycles. The first-order valence-electron chi connectivity index (χ1n) is 7.75. The normalized spacial score (nSPS) is 13.1. The minimum absolute atomic E-state index is 0.150. The third kappa shape index (κ3) is 4.41. The Balaban J connectivity index is 1.59. The second-order valence-corrected chi connectivity index (χ2v) is 9.35. The molecule has 128 valence electrons. The molecule has 0 fully saturated rings. The maximum atomic E-state index is 11.5. The van der Waals surface area contributed by atoms with E-state index >= 15 is 0 Å². The van der Waals surface area contributed by atoms with Crippen LogP contribution in [0.1, 0.15) is 31.9 Å². The zero-order valence-corrected chi connectivity index (χ0v) is 16.1. The number of benzene rings is 2. The van der Waals surface area contributed by atoms with Crippen molar-refractivity contribution in [2.45, 2.75) is 32.8 Å². The van der Waals surface area contributed by atoms with E-state index in [1.807, 2.05) is 6.07 Å². The van der Waals surface area contributed by atoms with E-state index in [2.05, 4.69) is 36.4 Å². The maximum absolute atomic E-state index is 11.5. The van der Waals surface area contributed by atoms with Crippen molar-refractivity contribution in [2.75, 3.05) is 6.79 Å². The van der Waals surface area contributed by atoms with Crippen LogP contribution < -0.4 is 25.9 Å². The zero-order valence-electron chi connectivity index (χ0n) is 14.0. The van der Waals surface area contributed by atoms with Crippen molar-refractivity contribution in [3.8, 4) is 5.75 Å². The Labute approximate surface area is 152 Å². The van der Waals surface area contributed by atoms with Gasteiger partial charge in [-0.15, -0.1) is 0 Å². The molecule has 0 radical (unpaired) electrons. The van der Waals surface area contributed by atoms with Gasteiger partial charge in [0.1, 0.15) is 0 Å². The van der Waals surface area contributed by atoms with Crippen LogP contribution >= 0.6 is 0 Å². The van der Waals surface area contributed by atoms with Gasteiger partial charge in [-0.3, -0.25) is 0 Å². The van der Waals surface area contributed by atoms with Crippen molar-refractivity contribution >= 4 is 6.16 Å². The number of carbonyl (C=O) groups excluding carboxylic acids is 1. The fourth-order valence-electron chi connectivity index (χ4n) is 2.32. The first-order valence-corrected chi connectivity index (χ1v) is 9.91. The summed E-state index contributed by atoms with van der Waals surface area (Å²) in [6, 6.07) is 14.7. The summed E-state index contributed by atoms with van der Waals surface area (Å²) in [5.74, 6) is 0.719. The van der Waals surface area contributed by atoms with Crippen LogP contribution in [0.5, 0.6) is 5.75 Å². The van der Waals surface area contributed by atoms with Gasteiger partial charge in [-0.25, -0.2) is 0 Å². The fourth-order valence-corrected chi connectivity index (χ4v) is 5.23. The van der Waals surface area contributed by atoms with E-state index in [0.717, 1.165) is 12.2 Å². The summed E-state index contributed by atoms with van der Waals surface area (Å²) >= 11 is -0.202. The van der Waals surface area contributed by atoms with Crippen LogP contribution in [0.15, 0.2) is 42.5 Å². The molecule has 1 aliphatic rings. The van der Waals surface area contributed by atoms with Crippen molar-refractivity contribution in [1.82, 2.24) is 0 Å². The standard InChI is InChI=1S/C19H20IO4/c1-19(2,3)24-18(21)23-12-22-15-9-8-14-10-13-6-4-5-7-16(13)20-17(14)11-15/h4-9,11H,10,12H2,1-3H3/q-1. The summed E-state index contributed by atoms with van der Waals surface area (Å²) < 4.78 is 18.4. The van der Waals surface area contributed by atoms with Crippen LogP contribution in [0.3, 0.4) is 0 Å². The van der Waals surface area contributed by atoms with E-state index in [1.165, 1.54) is 18.3 Å². The van der Waals surface area contributed by atoms with E-state index < -0.39 is 11.8 Å². The number of carbonyl (C=O) groups is 1. The van der Waals surface area contributed by atoms with Gasteiger partial charge < -0.3 is 0 Å². The molecule has 0 atom stereocenters. The molecule has 2 aromatic carbocycles. The molecule has 1 aliphatic heterocycles. The minimum atomic E-state index is -0.721. The van der Waals surface area contributed by atoms with Gasteiger partial charge in [-0.05, 0) is 0 Å². The van der Waals surface area contributed by atoms with Crippen LogP contribution in [0.25, 0.3) is 0 Å². The molecule has 0 spiro atoms. The van der Waals surface area contributed by atoms with Gasteiger partial charge in [0, 0.05) is 0 Å². The Morgan fingerprint density at radius 2 is 1.83 bits per heavy atom. The topological polar surface area (TPSA) is 44.8 Å². The van der Waals surface area contributed by atoms with Crippen molar-refractivity contribution in [3.05, 3.63) is 60.7 Å². The number of fused-ring (bicyclic) bond motifs is 2. The monoisotopic (exact) mass is 439 g/mol. The summed E-state index contributed by atoms with van der Waals surface area (Å²) in [6.45, 7) is 5.23. The van der Waals surface area contributed by atoms with Gasteiger partial charge in [0.2, 0.25) is 0 Å². The van der Waals surface area contributed by atoms with Crippen LogP contribution in [-0.4, -0.2) is 18.5 Å². The summed E-state index contributed by atoms with van der Waals surface area (Å²) in [4.78, 5) is 11.5. The van der Waals surface area contributed by atoms with E-state index in [1.54, 1.807) is 20.8 Å². The van der Waals surface area contributed by atoms with E-state index in [0.29, 0.717) is 0 Å².